The number of carbonyl (C=O) groups is 2. The van der Waals surface area contributed by atoms with Crippen molar-refractivity contribution in [2.24, 2.45) is 5.92 Å². The Morgan fingerprint density at radius 3 is 2.72 bits per heavy atom. The fourth-order valence-corrected chi connectivity index (χ4v) is 2.91. The van der Waals surface area contributed by atoms with E-state index >= 15 is 0 Å². The van der Waals surface area contributed by atoms with E-state index in [1.807, 2.05) is 0 Å². The summed E-state index contributed by atoms with van der Waals surface area (Å²) in [4.78, 5) is 34.2. The van der Waals surface area contributed by atoms with Gasteiger partial charge in [-0.05, 0) is 18.2 Å². The van der Waals surface area contributed by atoms with Crippen molar-refractivity contribution in [3.63, 3.8) is 0 Å². The highest BCUT2D eigenvalue weighted by atomic mass is 16.6. The molecule has 2 aliphatic rings. The molecule has 3 heterocycles. The molecule has 8 nitrogen and oxygen atoms in total. The zero-order chi connectivity index (χ0) is 17.2. The quantitative estimate of drug-likeness (QED) is 0.903. The molecule has 1 aromatic heterocycles. The summed E-state index contributed by atoms with van der Waals surface area (Å²) in [6, 6.07) is 7.01. The minimum atomic E-state index is -0.454. The van der Waals surface area contributed by atoms with Crippen molar-refractivity contribution in [2.75, 3.05) is 30.0 Å². The van der Waals surface area contributed by atoms with E-state index in [-0.39, 0.29) is 24.2 Å². The van der Waals surface area contributed by atoms with Gasteiger partial charge in [0.1, 0.15) is 13.2 Å². The van der Waals surface area contributed by atoms with Gasteiger partial charge >= 0.3 is 0 Å². The zero-order valence-corrected chi connectivity index (χ0v) is 13.3. The molecule has 1 saturated heterocycles. The normalized spacial score (nSPS) is 19.0. The van der Waals surface area contributed by atoms with Crippen molar-refractivity contribution in [3.05, 3.63) is 36.7 Å². The van der Waals surface area contributed by atoms with Crippen molar-refractivity contribution in [3.8, 4) is 11.5 Å². The Morgan fingerprint density at radius 2 is 1.92 bits per heavy atom. The Bertz CT molecular complexity index is 812. The summed E-state index contributed by atoms with van der Waals surface area (Å²) >= 11 is 0. The Hall–Kier alpha value is -3.16. The smallest absolute Gasteiger partial charge is 0.232 e. The van der Waals surface area contributed by atoms with Gasteiger partial charge in [-0.15, -0.1) is 0 Å². The number of fused-ring (bicyclic) bond motifs is 1. The summed E-state index contributed by atoms with van der Waals surface area (Å²) in [6.07, 6.45) is 3.24. The van der Waals surface area contributed by atoms with Crippen LogP contribution in [0.5, 0.6) is 11.5 Å². The molecule has 0 aliphatic carbocycles. The number of rotatable bonds is 3. The topological polar surface area (TPSA) is 93.7 Å². The van der Waals surface area contributed by atoms with Crippen LogP contribution in [-0.4, -0.2) is 41.5 Å². The highest BCUT2D eigenvalue weighted by molar-refractivity contribution is 6.03. The van der Waals surface area contributed by atoms with Crippen LogP contribution in [0, 0.1) is 5.92 Å². The number of nitrogens with one attached hydrogen (secondary N) is 1. The number of nitrogens with zero attached hydrogens (tertiary/aromatic N) is 3. The number of ether oxygens (including phenoxy) is 2. The Morgan fingerprint density at radius 1 is 1.16 bits per heavy atom. The molecule has 25 heavy (non-hydrogen) atoms. The largest absolute Gasteiger partial charge is 0.486 e. The van der Waals surface area contributed by atoms with E-state index in [1.54, 1.807) is 41.6 Å². The third-order valence-corrected chi connectivity index (χ3v) is 4.13. The zero-order valence-electron chi connectivity index (χ0n) is 13.3. The molecule has 0 bridgehead atoms. The van der Waals surface area contributed by atoms with E-state index in [0.717, 1.165) is 0 Å². The monoisotopic (exact) mass is 340 g/mol. The molecular weight excluding hydrogens is 324 g/mol. The molecule has 1 N–H and O–H groups in total. The maximum Gasteiger partial charge on any atom is 0.232 e. The molecule has 2 amide bonds. The van der Waals surface area contributed by atoms with Gasteiger partial charge < -0.3 is 14.4 Å². The van der Waals surface area contributed by atoms with E-state index in [4.69, 9.17) is 9.47 Å². The van der Waals surface area contributed by atoms with Crippen molar-refractivity contribution >= 4 is 23.5 Å². The van der Waals surface area contributed by atoms with Gasteiger partial charge in [-0.2, -0.15) is 0 Å². The molecule has 4 rings (SSSR count). The molecule has 2 aromatic rings. The minimum absolute atomic E-state index is 0.106. The Balaban J connectivity index is 1.48. The summed E-state index contributed by atoms with van der Waals surface area (Å²) in [6.45, 7) is 1.29. The lowest BCUT2D eigenvalue weighted by molar-refractivity contribution is -0.122. The third kappa shape index (κ3) is 3.10. The van der Waals surface area contributed by atoms with Crippen LogP contribution in [0.25, 0.3) is 0 Å². The maximum atomic E-state index is 12.4. The molecule has 1 fully saturated rings. The van der Waals surface area contributed by atoms with Crippen LogP contribution in [-0.2, 0) is 9.59 Å². The number of benzene rings is 1. The second kappa shape index (κ2) is 6.39. The Kier molecular flexibility index (Phi) is 3.93. The van der Waals surface area contributed by atoms with Crippen LogP contribution in [0.1, 0.15) is 6.42 Å². The standard InChI is InChI=1S/C17H16N4O4/c22-15-8-11(16(23)20-17-18-4-1-5-19-17)10-21(15)12-2-3-13-14(9-12)25-7-6-24-13/h1-5,9,11H,6-8,10H2,(H,18,19,20,23)/t11-/m0/s1. The highest BCUT2D eigenvalue weighted by Gasteiger charge is 2.35. The molecule has 0 radical (unpaired) electrons. The van der Waals surface area contributed by atoms with Crippen molar-refractivity contribution in [1.29, 1.82) is 0 Å². The van der Waals surface area contributed by atoms with Crippen LogP contribution in [0.2, 0.25) is 0 Å². The molecule has 1 aromatic carbocycles. The summed E-state index contributed by atoms with van der Waals surface area (Å²) in [5.41, 5.74) is 0.695. The number of carbonyl (C=O) groups excluding carboxylic acids is 2. The van der Waals surface area contributed by atoms with E-state index in [0.29, 0.717) is 36.9 Å². The molecule has 1 atom stereocenters. The second-order valence-corrected chi connectivity index (χ2v) is 5.80. The van der Waals surface area contributed by atoms with Crippen LogP contribution in [0.4, 0.5) is 11.6 Å². The molecule has 128 valence electrons. The number of hydrogen-bond donors (Lipinski definition) is 1. The first-order valence-corrected chi connectivity index (χ1v) is 7.98. The fraction of sp³-hybridized carbons (Fsp3) is 0.294. The Labute approximate surface area is 143 Å². The predicted octanol–water partition coefficient (Wildman–Crippen LogP) is 1.24. The van der Waals surface area contributed by atoms with Gasteiger partial charge in [0, 0.05) is 37.1 Å². The lowest BCUT2D eigenvalue weighted by Crippen LogP contribution is -2.28. The lowest BCUT2D eigenvalue weighted by atomic mass is 10.1. The lowest BCUT2D eigenvalue weighted by Gasteiger charge is -2.22. The van der Waals surface area contributed by atoms with E-state index in [2.05, 4.69) is 15.3 Å². The predicted molar refractivity (Wildman–Crippen MR) is 88.6 cm³/mol. The van der Waals surface area contributed by atoms with Crippen molar-refractivity contribution < 1.29 is 19.1 Å². The summed E-state index contributed by atoms with van der Waals surface area (Å²) in [5.74, 6) is 0.687. The highest BCUT2D eigenvalue weighted by Crippen LogP contribution is 2.36. The molecular formula is C17H16N4O4. The van der Waals surface area contributed by atoms with Gasteiger partial charge in [0.15, 0.2) is 11.5 Å². The SMILES string of the molecule is O=C(Nc1ncccn1)[C@H]1CC(=O)N(c2ccc3c(c2)OCCO3)C1. The van der Waals surface area contributed by atoms with Crippen LogP contribution < -0.4 is 19.7 Å². The maximum absolute atomic E-state index is 12.4. The molecule has 2 aliphatic heterocycles. The van der Waals surface area contributed by atoms with E-state index in [1.165, 1.54) is 0 Å². The van der Waals surface area contributed by atoms with E-state index < -0.39 is 5.92 Å². The fourth-order valence-electron chi connectivity index (χ4n) is 2.91. The van der Waals surface area contributed by atoms with Gasteiger partial charge in [0.05, 0.1) is 5.92 Å². The molecule has 0 unspecified atom stereocenters. The average molecular weight is 340 g/mol. The summed E-state index contributed by atoms with van der Waals surface area (Å²) in [5, 5.41) is 2.64. The van der Waals surface area contributed by atoms with Crippen LogP contribution >= 0.6 is 0 Å². The van der Waals surface area contributed by atoms with Crippen LogP contribution in [0.3, 0.4) is 0 Å². The minimum Gasteiger partial charge on any atom is -0.486 e. The van der Waals surface area contributed by atoms with E-state index in [9.17, 15) is 9.59 Å². The first-order valence-electron chi connectivity index (χ1n) is 7.98. The second-order valence-electron chi connectivity index (χ2n) is 5.80. The van der Waals surface area contributed by atoms with Gasteiger partial charge in [-0.3, -0.25) is 14.9 Å². The molecule has 0 saturated carbocycles. The average Bonchev–Trinajstić information content (AvgIpc) is 3.04. The molecule has 8 heteroatoms. The number of amides is 2. The van der Waals surface area contributed by atoms with Gasteiger partial charge in [-0.1, -0.05) is 0 Å². The number of anilines is 2. The first-order chi connectivity index (χ1) is 12.2. The molecule has 0 spiro atoms. The van der Waals surface area contributed by atoms with Gasteiger partial charge in [0.2, 0.25) is 17.8 Å². The number of aromatic nitrogens is 2. The number of hydrogen-bond acceptors (Lipinski definition) is 6. The van der Waals surface area contributed by atoms with Crippen molar-refractivity contribution in [2.45, 2.75) is 6.42 Å². The van der Waals surface area contributed by atoms with Crippen LogP contribution in [0.15, 0.2) is 36.7 Å². The third-order valence-electron chi connectivity index (χ3n) is 4.13. The summed E-state index contributed by atoms with van der Waals surface area (Å²) in [7, 11) is 0. The summed E-state index contributed by atoms with van der Waals surface area (Å²) < 4.78 is 11.0. The first kappa shape index (κ1) is 15.4. The van der Waals surface area contributed by atoms with Crippen molar-refractivity contribution in [1.82, 2.24) is 9.97 Å². The van der Waals surface area contributed by atoms with Gasteiger partial charge in [-0.25, -0.2) is 9.97 Å². The van der Waals surface area contributed by atoms with Gasteiger partial charge in [0.25, 0.3) is 0 Å².